The maximum Gasteiger partial charge on any atom is 0.278 e. The molecule has 1 aromatic carbocycles. The number of aliphatic hydroxyl groups excluding tert-OH is 1. The Bertz CT molecular complexity index is 1120. The van der Waals surface area contributed by atoms with E-state index in [1.165, 1.54) is 6.42 Å². The zero-order chi connectivity index (χ0) is 31.5. The molecular formula is C30H51N5O6S. The fraction of sp³-hybridized carbons (Fsp3) is 0.700. The third-order valence-electron chi connectivity index (χ3n) is 7.16. The third-order valence-corrected chi connectivity index (χ3v) is 8.63. The average Bonchev–Trinajstić information content (AvgIpc) is 2.87. The van der Waals surface area contributed by atoms with E-state index < -0.39 is 57.7 Å². The minimum Gasteiger partial charge on any atom is -0.391 e. The summed E-state index contributed by atoms with van der Waals surface area (Å²) in [6.45, 7) is 8.74. The van der Waals surface area contributed by atoms with Gasteiger partial charge in [-0.15, -0.1) is 0 Å². The molecule has 7 N–H and O–H groups in total. The van der Waals surface area contributed by atoms with Gasteiger partial charge in [-0.3, -0.25) is 19.7 Å². The molecule has 0 radical (unpaired) electrons. The lowest BCUT2D eigenvalue weighted by Crippen LogP contribution is -2.58. The topological polar surface area (TPSA) is 180 Å². The number of carbonyl (C=O) groups excluding carboxylic acids is 3. The van der Waals surface area contributed by atoms with E-state index in [2.05, 4.69) is 20.1 Å². The van der Waals surface area contributed by atoms with E-state index in [0.717, 1.165) is 31.2 Å². The first-order valence-corrected chi connectivity index (χ1v) is 16.5. The van der Waals surface area contributed by atoms with Crippen molar-refractivity contribution in [3.63, 3.8) is 0 Å². The highest BCUT2D eigenvalue weighted by Crippen LogP contribution is 2.27. The lowest BCUT2D eigenvalue weighted by molar-refractivity contribution is -0.135. The molecule has 11 nitrogen and oxygen atoms in total. The van der Waals surface area contributed by atoms with Gasteiger partial charge in [-0.25, -0.2) is 0 Å². The van der Waals surface area contributed by atoms with Crippen molar-refractivity contribution in [2.24, 2.45) is 17.6 Å². The fourth-order valence-corrected chi connectivity index (χ4v) is 6.66. The van der Waals surface area contributed by atoms with E-state index in [9.17, 15) is 27.9 Å². The second-order valence-corrected chi connectivity index (χ2v) is 14.4. The van der Waals surface area contributed by atoms with Crippen LogP contribution in [0.4, 0.5) is 0 Å². The molecule has 0 spiro atoms. The smallest absolute Gasteiger partial charge is 0.278 e. The van der Waals surface area contributed by atoms with E-state index in [-0.39, 0.29) is 25.2 Å². The lowest BCUT2D eigenvalue weighted by atomic mass is 9.83. The van der Waals surface area contributed by atoms with Crippen molar-refractivity contribution in [2.75, 3.05) is 0 Å². The van der Waals surface area contributed by atoms with Crippen molar-refractivity contribution >= 4 is 27.9 Å². The molecule has 0 aliphatic heterocycles. The van der Waals surface area contributed by atoms with Crippen LogP contribution in [0.25, 0.3) is 0 Å². The largest absolute Gasteiger partial charge is 0.391 e. The van der Waals surface area contributed by atoms with Crippen LogP contribution >= 0.6 is 0 Å². The number of hydrogen-bond acceptors (Lipinski definition) is 7. The van der Waals surface area contributed by atoms with Crippen LogP contribution in [0.5, 0.6) is 0 Å². The second-order valence-electron chi connectivity index (χ2n) is 13.0. The third kappa shape index (κ3) is 13.7. The van der Waals surface area contributed by atoms with Gasteiger partial charge in [0.25, 0.3) is 10.2 Å². The second kappa shape index (κ2) is 16.5. The van der Waals surface area contributed by atoms with Gasteiger partial charge in [-0.1, -0.05) is 76.3 Å². The van der Waals surface area contributed by atoms with Crippen LogP contribution in [0.3, 0.4) is 0 Å². The molecule has 2 rings (SSSR count). The zero-order valence-corrected chi connectivity index (χ0v) is 26.5. The van der Waals surface area contributed by atoms with Crippen LogP contribution < -0.4 is 25.8 Å². The molecule has 238 valence electrons. The SMILES string of the molecule is CC(C)CC(NS(=O)(=O)NC(C)(C)C)C(=O)NC(Cc1ccccc1)C(=O)NC(=O)C[C@H](O)[C@@H](N)CC1CCCCC1. The minimum atomic E-state index is -4.05. The van der Waals surface area contributed by atoms with Crippen molar-refractivity contribution in [2.45, 2.75) is 122 Å². The first-order valence-electron chi connectivity index (χ1n) is 15.0. The summed E-state index contributed by atoms with van der Waals surface area (Å²) in [5.74, 6) is -1.77. The highest BCUT2D eigenvalue weighted by Gasteiger charge is 2.32. The van der Waals surface area contributed by atoms with Crippen molar-refractivity contribution in [1.82, 2.24) is 20.1 Å². The van der Waals surface area contributed by atoms with Crippen LogP contribution in [-0.2, 0) is 31.0 Å². The standard InChI is InChI=1S/C30H51N5O6S/c1-20(2)16-25(34-42(40,41)35-30(3,4)5)29(39)32-24(18-22-14-10-7-11-15-22)28(38)33-27(37)19-26(36)23(31)17-21-12-8-6-9-13-21/h7,10-11,14-15,20-21,23-26,34-36H,6,8-9,12-13,16-19,31H2,1-5H3,(H,32,39)(H,33,37,38)/t23-,24?,25?,26-/m0/s1. The van der Waals surface area contributed by atoms with E-state index in [1.54, 1.807) is 45.0 Å². The summed E-state index contributed by atoms with van der Waals surface area (Å²) in [4.78, 5) is 39.4. The van der Waals surface area contributed by atoms with Crippen LogP contribution in [0.15, 0.2) is 30.3 Å². The molecule has 3 amide bonds. The Labute approximate surface area is 251 Å². The molecule has 1 aromatic rings. The summed E-state index contributed by atoms with van der Waals surface area (Å²) < 4.78 is 30.3. The number of rotatable bonds is 15. The van der Waals surface area contributed by atoms with Crippen LogP contribution in [0.2, 0.25) is 0 Å². The Morgan fingerprint density at radius 2 is 1.62 bits per heavy atom. The molecule has 0 saturated heterocycles. The molecule has 1 aliphatic rings. The number of nitrogens with two attached hydrogens (primary N) is 1. The van der Waals surface area contributed by atoms with Gasteiger partial charge in [0, 0.05) is 18.0 Å². The lowest BCUT2D eigenvalue weighted by Gasteiger charge is -2.27. The van der Waals surface area contributed by atoms with Crippen molar-refractivity contribution in [3.05, 3.63) is 35.9 Å². The maximum absolute atomic E-state index is 13.4. The summed E-state index contributed by atoms with van der Waals surface area (Å²) in [6.07, 6.45) is 5.02. The first-order chi connectivity index (χ1) is 19.5. The zero-order valence-electron chi connectivity index (χ0n) is 25.7. The molecule has 0 bridgehead atoms. The molecule has 4 atom stereocenters. The van der Waals surface area contributed by atoms with Crippen molar-refractivity contribution in [3.8, 4) is 0 Å². The Balaban J connectivity index is 2.12. The number of aliphatic hydroxyl groups is 1. The molecule has 2 unspecified atom stereocenters. The highest BCUT2D eigenvalue weighted by atomic mass is 32.2. The predicted octanol–water partition coefficient (Wildman–Crippen LogP) is 2.04. The monoisotopic (exact) mass is 609 g/mol. The molecule has 1 aliphatic carbocycles. The summed E-state index contributed by atoms with van der Waals surface area (Å²) in [5, 5.41) is 15.5. The molecule has 1 fully saturated rings. The number of amides is 3. The number of carbonyl (C=O) groups is 3. The molecule has 1 saturated carbocycles. The van der Waals surface area contributed by atoms with E-state index in [4.69, 9.17) is 5.73 Å². The number of nitrogens with one attached hydrogen (secondary N) is 4. The Hall–Kier alpha value is -2.38. The van der Waals surface area contributed by atoms with Gasteiger partial charge in [0.1, 0.15) is 12.1 Å². The predicted molar refractivity (Wildman–Crippen MR) is 163 cm³/mol. The van der Waals surface area contributed by atoms with E-state index in [1.807, 2.05) is 19.9 Å². The average molecular weight is 610 g/mol. The number of hydrogen-bond donors (Lipinski definition) is 6. The molecule has 12 heteroatoms. The van der Waals surface area contributed by atoms with Crippen LogP contribution in [0, 0.1) is 11.8 Å². The molecule has 0 heterocycles. The van der Waals surface area contributed by atoms with Gasteiger partial charge < -0.3 is 16.2 Å². The van der Waals surface area contributed by atoms with Gasteiger partial charge in [0.15, 0.2) is 0 Å². The summed E-state index contributed by atoms with van der Waals surface area (Å²) in [7, 11) is -4.05. The minimum absolute atomic E-state index is 0.0413. The van der Waals surface area contributed by atoms with Gasteiger partial charge in [0.05, 0.1) is 12.5 Å². The van der Waals surface area contributed by atoms with Gasteiger partial charge >= 0.3 is 0 Å². The highest BCUT2D eigenvalue weighted by molar-refractivity contribution is 7.87. The first kappa shape index (κ1) is 35.8. The molecular weight excluding hydrogens is 558 g/mol. The van der Waals surface area contributed by atoms with Crippen LogP contribution in [-0.4, -0.2) is 61.0 Å². The normalized spacial score (nSPS) is 17.7. The van der Waals surface area contributed by atoms with Gasteiger partial charge in [0.2, 0.25) is 17.7 Å². The summed E-state index contributed by atoms with van der Waals surface area (Å²) in [6, 6.07) is 6.03. The number of imide groups is 1. The van der Waals surface area contributed by atoms with Crippen molar-refractivity contribution < 1.29 is 27.9 Å². The quantitative estimate of drug-likeness (QED) is 0.176. The van der Waals surface area contributed by atoms with E-state index in [0.29, 0.717) is 12.3 Å². The molecule has 42 heavy (non-hydrogen) atoms. The number of benzene rings is 1. The molecule has 0 aromatic heterocycles. The van der Waals surface area contributed by atoms with Gasteiger partial charge in [-0.05, 0) is 51.0 Å². The summed E-state index contributed by atoms with van der Waals surface area (Å²) >= 11 is 0. The fourth-order valence-electron chi connectivity index (χ4n) is 5.21. The summed E-state index contributed by atoms with van der Waals surface area (Å²) in [5.41, 5.74) is 6.14. The van der Waals surface area contributed by atoms with Crippen molar-refractivity contribution in [1.29, 1.82) is 0 Å². The maximum atomic E-state index is 13.4. The Morgan fingerprint density at radius 3 is 2.19 bits per heavy atom. The Morgan fingerprint density at radius 1 is 1.00 bits per heavy atom. The van der Waals surface area contributed by atoms with E-state index >= 15 is 0 Å². The van der Waals surface area contributed by atoms with Crippen LogP contribution in [0.1, 0.15) is 91.5 Å². The van der Waals surface area contributed by atoms with Gasteiger partial charge in [-0.2, -0.15) is 17.9 Å². The Kier molecular flexibility index (Phi) is 14.0.